The number of halogens is 1. The molecule has 5 rings (SSSR count). The molecule has 2 heterocycles. The van der Waals surface area contributed by atoms with Crippen molar-refractivity contribution in [1.29, 1.82) is 0 Å². The maximum absolute atomic E-state index is 12.9. The molecule has 33 heavy (non-hydrogen) atoms. The van der Waals surface area contributed by atoms with Crippen LogP contribution < -0.4 is 11.1 Å². The fourth-order valence-corrected chi connectivity index (χ4v) is 4.36. The molecule has 4 N–H and O–H groups in total. The quantitative estimate of drug-likeness (QED) is 0.414. The van der Waals surface area contributed by atoms with Crippen molar-refractivity contribution in [2.75, 3.05) is 12.3 Å². The van der Waals surface area contributed by atoms with Crippen molar-refractivity contribution in [1.82, 2.24) is 20.3 Å². The topological polar surface area (TPSA) is 114 Å². The molecular formula is C25H22ClN5O2. The Morgan fingerprint density at radius 2 is 1.82 bits per heavy atom. The van der Waals surface area contributed by atoms with Gasteiger partial charge in [0.1, 0.15) is 0 Å². The predicted octanol–water partition coefficient (Wildman–Crippen LogP) is 4.10. The summed E-state index contributed by atoms with van der Waals surface area (Å²) in [5, 5.41) is 13.7. The van der Waals surface area contributed by atoms with E-state index in [2.05, 4.69) is 20.3 Å². The van der Waals surface area contributed by atoms with Crippen molar-refractivity contribution in [2.45, 2.75) is 18.9 Å². The number of nitrogen functional groups attached to an aromatic ring is 1. The Balaban J connectivity index is 1.60. The number of anilines is 1. The molecular weight excluding hydrogens is 438 g/mol. The average molecular weight is 460 g/mol. The number of rotatable bonds is 5. The summed E-state index contributed by atoms with van der Waals surface area (Å²) in [5.74, 6) is -0.0823. The largest absolute Gasteiger partial charge is 0.393 e. The number of amides is 1. The number of aliphatic hydroxyl groups excluding tert-OH is 1. The molecule has 0 unspecified atom stereocenters. The van der Waals surface area contributed by atoms with Crippen LogP contribution in [0, 0.1) is 5.92 Å². The Morgan fingerprint density at radius 3 is 2.58 bits per heavy atom. The van der Waals surface area contributed by atoms with E-state index in [1.54, 1.807) is 12.3 Å². The molecule has 7 nitrogen and oxygen atoms in total. The summed E-state index contributed by atoms with van der Waals surface area (Å²) in [5.41, 5.74) is 9.54. The molecule has 2 aromatic carbocycles. The molecule has 1 fully saturated rings. The SMILES string of the molecule is Nc1nc(-c2ccccc2)c(-c2cc(Cl)c3ncccc3c2)nc1C(=O)NCC1CC(O)C1. The number of hydrogen-bond donors (Lipinski definition) is 3. The zero-order valence-corrected chi connectivity index (χ0v) is 18.5. The Hall–Kier alpha value is -3.55. The molecule has 8 heteroatoms. The molecule has 1 aliphatic carbocycles. The third-order valence-electron chi connectivity index (χ3n) is 5.88. The van der Waals surface area contributed by atoms with Crippen molar-refractivity contribution in [3.05, 3.63) is 71.5 Å². The molecule has 4 aromatic rings. The average Bonchev–Trinajstić information content (AvgIpc) is 2.81. The molecule has 166 valence electrons. The third kappa shape index (κ3) is 4.25. The predicted molar refractivity (Wildman–Crippen MR) is 129 cm³/mol. The summed E-state index contributed by atoms with van der Waals surface area (Å²) in [6, 6.07) is 17.0. The van der Waals surface area contributed by atoms with Gasteiger partial charge in [-0.25, -0.2) is 9.97 Å². The van der Waals surface area contributed by atoms with Gasteiger partial charge in [-0.2, -0.15) is 0 Å². The normalized spacial score (nSPS) is 17.5. The van der Waals surface area contributed by atoms with Gasteiger partial charge in [0, 0.05) is 29.3 Å². The maximum atomic E-state index is 12.9. The molecule has 1 amide bonds. The first-order valence-electron chi connectivity index (χ1n) is 10.7. The van der Waals surface area contributed by atoms with Crippen molar-refractivity contribution in [2.24, 2.45) is 5.92 Å². The lowest BCUT2D eigenvalue weighted by Crippen LogP contribution is -2.38. The lowest BCUT2D eigenvalue weighted by Gasteiger charge is -2.31. The van der Waals surface area contributed by atoms with E-state index in [0.717, 1.165) is 10.9 Å². The highest BCUT2D eigenvalue weighted by Crippen LogP contribution is 2.35. The first-order chi connectivity index (χ1) is 16.0. The van der Waals surface area contributed by atoms with E-state index in [0.29, 0.717) is 46.9 Å². The van der Waals surface area contributed by atoms with E-state index in [1.165, 1.54) is 0 Å². The van der Waals surface area contributed by atoms with Gasteiger partial charge in [0.2, 0.25) is 0 Å². The van der Waals surface area contributed by atoms with Crippen molar-refractivity contribution >= 4 is 34.2 Å². The number of benzene rings is 2. The van der Waals surface area contributed by atoms with E-state index >= 15 is 0 Å². The minimum atomic E-state index is -0.393. The van der Waals surface area contributed by atoms with Crippen LogP contribution in [0.15, 0.2) is 60.8 Å². The number of pyridine rings is 1. The number of aromatic nitrogens is 3. The molecule has 1 saturated carbocycles. The Bertz CT molecular complexity index is 1340. The van der Waals surface area contributed by atoms with Gasteiger partial charge in [0.25, 0.3) is 5.91 Å². The minimum absolute atomic E-state index is 0.0531. The first-order valence-corrected chi connectivity index (χ1v) is 11.1. The van der Waals surface area contributed by atoms with E-state index in [-0.39, 0.29) is 23.5 Å². The lowest BCUT2D eigenvalue weighted by molar-refractivity contribution is 0.0420. The summed E-state index contributed by atoms with van der Waals surface area (Å²) in [6.07, 6.45) is 2.78. The number of aliphatic hydroxyl groups is 1. The van der Waals surface area contributed by atoms with Gasteiger partial charge < -0.3 is 16.2 Å². The van der Waals surface area contributed by atoms with Crippen molar-refractivity contribution in [3.63, 3.8) is 0 Å². The molecule has 0 aliphatic heterocycles. The zero-order valence-electron chi connectivity index (χ0n) is 17.7. The molecule has 0 spiro atoms. The van der Waals surface area contributed by atoms with Crippen LogP contribution in [0.25, 0.3) is 33.4 Å². The van der Waals surface area contributed by atoms with Crippen LogP contribution in [-0.4, -0.2) is 38.6 Å². The van der Waals surface area contributed by atoms with E-state index in [4.69, 9.17) is 17.3 Å². The molecule has 0 radical (unpaired) electrons. The number of carbonyl (C=O) groups is 1. The Labute approximate surface area is 195 Å². The van der Waals surface area contributed by atoms with Gasteiger partial charge in [-0.15, -0.1) is 0 Å². The van der Waals surface area contributed by atoms with Gasteiger partial charge in [0.15, 0.2) is 11.5 Å². The van der Waals surface area contributed by atoms with Crippen LogP contribution in [0.1, 0.15) is 23.3 Å². The van der Waals surface area contributed by atoms with Crippen LogP contribution in [0.3, 0.4) is 0 Å². The minimum Gasteiger partial charge on any atom is -0.393 e. The van der Waals surface area contributed by atoms with Gasteiger partial charge in [0.05, 0.1) is 28.0 Å². The number of carbonyl (C=O) groups excluding carboxylic acids is 1. The van der Waals surface area contributed by atoms with Gasteiger partial charge >= 0.3 is 0 Å². The monoisotopic (exact) mass is 459 g/mol. The number of nitrogens with zero attached hydrogens (tertiary/aromatic N) is 3. The highest BCUT2D eigenvalue weighted by atomic mass is 35.5. The molecule has 0 atom stereocenters. The maximum Gasteiger partial charge on any atom is 0.273 e. The standard InChI is InChI=1S/C25H22ClN5O2/c26-19-12-17(11-16-7-4-8-28-20(16)19)22-21(15-5-2-1-3-6-15)31-24(27)23(30-22)25(33)29-13-14-9-18(32)10-14/h1-8,11-12,14,18,32H,9-10,13H2,(H2,27,31)(H,29,33). The summed E-state index contributed by atoms with van der Waals surface area (Å²) in [7, 11) is 0. The van der Waals surface area contributed by atoms with Gasteiger partial charge in [-0.1, -0.05) is 48.0 Å². The van der Waals surface area contributed by atoms with Crippen molar-refractivity contribution < 1.29 is 9.90 Å². The second-order valence-electron chi connectivity index (χ2n) is 8.26. The van der Waals surface area contributed by atoms with Gasteiger partial charge in [-0.05, 0) is 37.0 Å². The second-order valence-corrected chi connectivity index (χ2v) is 8.66. The smallest absolute Gasteiger partial charge is 0.273 e. The molecule has 0 saturated heterocycles. The van der Waals surface area contributed by atoms with Crippen molar-refractivity contribution in [3.8, 4) is 22.5 Å². The highest BCUT2D eigenvalue weighted by molar-refractivity contribution is 6.35. The van der Waals surface area contributed by atoms with E-state index < -0.39 is 5.91 Å². The molecule has 1 aliphatic rings. The number of hydrogen-bond acceptors (Lipinski definition) is 6. The summed E-state index contributed by atoms with van der Waals surface area (Å²) in [4.78, 5) is 26.5. The summed E-state index contributed by atoms with van der Waals surface area (Å²) in [6.45, 7) is 0.459. The number of nitrogens with one attached hydrogen (secondary N) is 1. The fourth-order valence-electron chi connectivity index (χ4n) is 4.09. The highest BCUT2D eigenvalue weighted by Gasteiger charge is 2.28. The van der Waals surface area contributed by atoms with Crippen LogP contribution in [-0.2, 0) is 0 Å². The fraction of sp³-hybridized carbons (Fsp3) is 0.200. The van der Waals surface area contributed by atoms with Crippen LogP contribution >= 0.6 is 11.6 Å². The zero-order chi connectivity index (χ0) is 22.9. The van der Waals surface area contributed by atoms with E-state index in [1.807, 2.05) is 48.5 Å². The summed E-state index contributed by atoms with van der Waals surface area (Å²) >= 11 is 6.53. The first kappa shape index (κ1) is 21.3. The van der Waals surface area contributed by atoms with Crippen LogP contribution in [0.2, 0.25) is 5.02 Å². The molecule has 0 bridgehead atoms. The number of fused-ring (bicyclic) bond motifs is 1. The Kier molecular flexibility index (Phi) is 5.66. The van der Waals surface area contributed by atoms with E-state index in [9.17, 15) is 9.90 Å². The third-order valence-corrected chi connectivity index (χ3v) is 6.17. The number of nitrogens with two attached hydrogens (primary N) is 1. The second kappa shape index (κ2) is 8.77. The van der Waals surface area contributed by atoms with Crippen LogP contribution in [0.4, 0.5) is 5.82 Å². The Morgan fingerprint density at radius 1 is 1.06 bits per heavy atom. The van der Waals surface area contributed by atoms with Gasteiger partial charge in [-0.3, -0.25) is 9.78 Å². The lowest BCUT2D eigenvalue weighted by atomic mass is 9.82. The van der Waals surface area contributed by atoms with Crippen LogP contribution in [0.5, 0.6) is 0 Å². The molecule has 2 aromatic heterocycles. The summed E-state index contributed by atoms with van der Waals surface area (Å²) < 4.78 is 0.